The highest BCUT2D eigenvalue weighted by atomic mass is 16.5. The zero-order valence-electron chi connectivity index (χ0n) is 11.7. The van der Waals surface area contributed by atoms with Crippen molar-refractivity contribution in [1.82, 2.24) is 0 Å². The molecule has 1 N–H and O–H groups in total. The molecule has 20 heavy (non-hydrogen) atoms. The lowest BCUT2D eigenvalue weighted by Crippen LogP contribution is -2.01. The van der Waals surface area contributed by atoms with Gasteiger partial charge in [0.2, 0.25) is 0 Å². The highest BCUT2D eigenvalue weighted by Gasteiger charge is 2.19. The molecule has 0 saturated carbocycles. The van der Waals surface area contributed by atoms with Gasteiger partial charge in [-0.25, -0.2) is 0 Å². The van der Waals surface area contributed by atoms with E-state index in [2.05, 4.69) is 0 Å². The van der Waals surface area contributed by atoms with Gasteiger partial charge in [-0.2, -0.15) is 0 Å². The lowest BCUT2D eigenvalue weighted by Gasteiger charge is -2.13. The Morgan fingerprint density at radius 3 is 2.50 bits per heavy atom. The van der Waals surface area contributed by atoms with Crippen molar-refractivity contribution in [2.24, 2.45) is 0 Å². The molecule has 0 fully saturated rings. The first-order valence-electron chi connectivity index (χ1n) is 6.79. The second kappa shape index (κ2) is 5.21. The van der Waals surface area contributed by atoms with E-state index in [0.717, 1.165) is 34.8 Å². The van der Waals surface area contributed by atoms with E-state index in [1.807, 2.05) is 38.1 Å². The average molecular weight is 274 g/mol. The van der Waals surface area contributed by atoms with Crippen LogP contribution in [0.2, 0.25) is 0 Å². The van der Waals surface area contributed by atoms with E-state index in [4.69, 9.17) is 13.9 Å². The smallest absolute Gasteiger partial charge is 0.161 e. The summed E-state index contributed by atoms with van der Waals surface area (Å²) in [5, 5.41) is 10.5. The largest absolute Gasteiger partial charge is 0.490 e. The summed E-state index contributed by atoms with van der Waals surface area (Å²) in [6.45, 7) is 5.02. The molecule has 1 unspecified atom stereocenters. The molecule has 2 heterocycles. The van der Waals surface area contributed by atoms with Gasteiger partial charge in [-0.1, -0.05) is 6.07 Å². The van der Waals surface area contributed by atoms with Crippen LogP contribution >= 0.6 is 0 Å². The Labute approximate surface area is 117 Å². The molecule has 0 bridgehead atoms. The fourth-order valence-electron chi connectivity index (χ4n) is 2.45. The third-order valence-electron chi connectivity index (χ3n) is 3.46. The Bertz CT molecular complexity index is 615. The van der Waals surface area contributed by atoms with Gasteiger partial charge in [0, 0.05) is 12.0 Å². The minimum absolute atomic E-state index is 0.635. The van der Waals surface area contributed by atoms with Gasteiger partial charge in [0.25, 0.3) is 0 Å². The lowest BCUT2D eigenvalue weighted by atomic mass is 10.0. The zero-order valence-corrected chi connectivity index (χ0v) is 11.7. The summed E-state index contributed by atoms with van der Waals surface area (Å²) in [6.07, 6.45) is 0.150. The number of rotatable bonds is 2. The number of benzene rings is 1. The third-order valence-corrected chi connectivity index (χ3v) is 3.46. The van der Waals surface area contributed by atoms with E-state index in [-0.39, 0.29) is 0 Å². The first-order valence-corrected chi connectivity index (χ1v) is 6.79. The van der Waals surface area contributed by atoms with Crippen molar-refractivity contribution in [3.63, 3.8) is 0 Å². The Kier molecular flexibility index (Phi) is 3.40. The van der Waals surface area contributed by atoms with Crippen LogP contribution in [-0.2, 0) is 0 Å². The van der Waals surface area contributed by atoms with Crippen LogP contribution in [0.1, 0.15) is 35.2 Å². The molecular weight excluding hydrogens is 256 g/mol. The quantitative estimate of drug-likeness (QED) is 0.914. The van der Waals surface area contributed by atoms with Crippen LogP contribution in [0.4, 0.5) is 0 Å². The first kappa shape index (κ1) is 13.1. The molecule has 1 aliphatic rings. The van der Waals surface area contributed by atoms with E-state index < -0.39 is 6.10 Å². The van der Waals surface area contributed by atoms with Crippen molar-refractivity contribution in [1.29, 1.82) is 0 Å². The number of furan rings is 1. The van der Waals surface area contributed by atoms with Crippen molar-refractivity contribution in [3.05, 3.63) is 46.9 Å². The lowest BCUT2D eigenvalue weighted by molar-refractivity contribution is 0.217. The summed E-state index contributed by atoms with van der Waals surface area (Å²) in [6, 6.07) is 7.41. The molecular formula is C16H18O4. The van der Waals surface area contributed by atoms with E-state index in [0.29, 0.717) is 19.0 Å². The molecule has 4 nitrogen and oxygen atoms in total. The maximum Gasteiger partial charge on any atom is 0.161 e. The molecule has 1 aromatic carbocycles. The number of ether oxygens (including phenoxy) is 2. The van der Waals surface area contributed by atoms with Crippen molar-refractivity contribution in [2.45, 2.75) is 26.4 Å². The molecule has 4 heteroatoms. The third kappa shape index (κ3) is 2.39. The van der Waals surface area contributed by atoms with Crippen LogP contribution < -0.4 is 9.47 Å². The second-order valence-electron chi connectivity index (χ2n) is 5.03. The Hall–Kier alpha value is -1.94. The van der Waals surface area contributed by atoms with E-state index in [1.54, 1.807) is 0 Å². The van der Waals surface area contributed by atoms with Crippen molar-refractivity contribution >= 4 is 0 Å². The summed E-state index contributed by atoms with van der Waals surface area (Å²) in [4.78, 5) is 0. The fraction of sp³-hybridized carbons (Fsp3) is 0.375. The normalized spacial score (nSPS) is 15.8. The Balaban J connectivity index is 1.94. The molecule has 0 aliphatic carbocycles. The van der Waals surface area contributed by atoms with Crippen LogP contribution in [0, 0.1) is 13.8 Å². The predicted molar refractivity (Wildman–Crippen MR) is 74.3 cm³/mol. The van der Waals surface area contributed by atoms with Gasteiger partial charge in [0.1, 0.15) is 17.6 Å². The monoisotopic (exact) mass is 274 g/mol. The van der Waals surface area contributed by atoms with Gasteiger partial charge in [0.05, 0.1) is 13.2 Å². The van der Waals surface area contributed by atoms with Crippen LogP contribution in [0.25, 0.3) is 0 Å². The minimum atomic E-state index is -0.718. The predicted octanol–water partition coefficient (Wildman–Crippen LogP) is 3.14. The summed E-state index contributed by atoms with van der Waals surface area (Å²) in [5.74, 6) is 2.96. The SMILES string of the molecule is Cc1cc(C(O)c2ccc3c(c2)OCCCO3)c(C)o1. The average Bonchev–Trinajstić information content (AvgIpc) is 2.65. The van der Waals surface area contributed by atoms with Gasteiger partial charge < -0.3 is 19.0 Å². The molecule has 106 valence electrons. The molecule has 2 aromatic rings. The second-order valence-corrected chi connectivity index (χ2v) is 5.03. The fourth-order valence-corrected chi connectivity index (χ4v) is 2.45. The standard InChI is InChI=1S/C16H18O4/c1-10-8-13(11(2)20-10)16(17)12-4-5-14-15(9-12)19-7-3-6-18-14/h4-5,8-9,16-17H,3,6-7H2,1-2H3. The van der Waals surface area contributed by atoms with Crippen molar-refractivity contribution < 1.29 is 19.0 Å². The number of hydrogen-bond acceptors (Lipinski definition) is 4. The van der Waals surface area contributed by atoms with Crippen LogP contribution in [-0.4, -0.2) is 18.3 Å². The first-order chi connectivity index (χ1) is 9.65. The molecule has 1 aliphatic heterocycles. The van der Waals surface area contributed by atoms with Crippen molar-refractivity contribution in [3.8, 4) is 11.5 Å². The molecule has 0 saturated heterocycles. The maximum absolute atomic E-state index is 10.5. The summed E-state index contributed by atoms with van der Waals surface area (Å²) >= 11 is 0. The van der Waals surface area contributed by atoms with Crippen molar-refractivity contribution in [2.75, 3.05) is 13.2 Å². The number of fused-ring (bicyclic) bond motifs is 1. The van der Waals surface area contributed by atoms with E-state index >= 15 is 0 Å². The van der Waals surface area contributed by atoms with Gasteiger partial charge in [-0.05, 0) is 37.6 Å². The van der Waals surface area contributed by atoms with Gasteiger partial charge in [-0.15, -0.1) is 0 Å². The molecule has 0 amide bonds. The molecule has 1 atom stereocenters. The minimum Gasteiger partial charge on any atom is -0.490 e. The summed E-state index contributed by atoms with van der Waals surface area (Å²) in [7, 11) is 0. The number of aryl methyl sites for hydroxylation is 2. The maximum atomic E-state index is 10.5. The van der Waals surface area contributed by atoms with Crippen LogP contribution in [0.15, 0.2) is 28.7 Å². The van der Waals surface area contributed by atoms with E-state index in [9.17, 15) is 5.11 Å². The summed E-state index contributed by atoms with van der Waals surface area (Å²) in [5.41, 5.74) is 1.56. The van der Waals surface area contributed by atoms with Gasteiger partial charge >= 0.3 is 0 Å². The van der Waals surface area contributed by atoms with E-state index in [1.165, 1.54) is 0 Å². The number of hydrogen-bond donors (Lipinski definition) is 1. The number of aliphatic hydroxyl groups is 1. The van der Waals surface area contributed by atoms with Crippen LogP contribution in [0.3, 0.4) is 0 Å². The molecule has 0 spiro atoms. The Morgan fingerprint density at radius 2 is 1.80 bits per heavy atom. The van der Waals surface area contributed by atoms with Gasteiger partial charge in [0.15, 0.2) is 11.5 Å². The molecule has 3 rings (SSSR count). The highest BCUT2D eigenvalue weighted by Crippen LogP contribution is 2.35. The number of aliphatic hydroxyl groups excluding tert-OH is 1. The highest BCUT2D eigenvalue weighted by molar-refractivity contribution is 5.46. The molecule has 0 radical (unpaired) electrons. The summed E-state index contributed by atoms with van der Waals surface area (Å²) < 4.78 is 16.7. The molecule has 1 aromatic heterocycles. The zero-order chi connectivity index (χ0) is 14.1. The van der Waals surface area contributed by atoms with Gasteiger partial charge in [-0.3, -0.25) is 0 Å². The van der Waals surface area contributed by atoms with Crippen LogP contribution in [0.5, 0.6) is 11.5 Å². The topological polar surface area (TPSA) is 51.8 Å². The Morgan fingerprint density at radius 1 is 1.05 bits per heavy atom.